The molecule has 1 aliphatic rings. The normalized spacial score (nSPS) is 12.4. The molecule has 4 aromatic rings. The Labute approximate surface area is 210 Å². The molecule has 5 rings (SSSR count). The second-order valence-corrected chi connectivity index (χ2v) is 9.57. The highest BCUT2D eigenvalue weighted by atomic mass is 32.1. The van der Waals surface area contributed by atoms with Crippen molar-refractivity contribution in [1.29, 1.82) is 0 Å². The van der Waals surface area contributed by atoms with Crippen LogP contribution in [0, 0.1) is 5.82 Å². The van der Waals surface area contributed by atoms with Crippen LogP contribution in [0.2, 0.25) is 0 Å². The Kier molecular flexibility index (Phi) is 6.10. The van der Waals surface area contributed by atoms with Gasteiger partial charge in [0.05, 0.1) is 11.9 Å². The lowest BCUT2D eigenvalue weighted by Crippen LogP contribution is -2.34. The van der Waals surface area contributed by atoms with Crippen molar-refractivity contribution in [1.82, 2.24) is 15.2 Å². The van der Waals surface area contributed by atoms with Crippen molar-refractivity contribution in [2.45, 2.75) is 6.54 Å². The number of nitrogens with one attached hydrogen (secondary N) is 2. The minimum absolute atomic E-state index is 0.0561. The molecule has 1 aliphatic heterocycles. The molecule has 2 aromatic heterocycles. The summed E-state index contributed by atoms with van der Waals surface area (Å²) in [6.45, 7) is 0.621. The molecule has 35 heavy (non-hydrogen) atoms. The number of hydrogen-bond acceptors (Lipinski definition) is 5. The van der Waals surface area contributed by atoms with Gasteiger partial charge in [0.25, 0.3) is 11.8 Å². The minimum Gasteiger partial charge on any atom is -0.337 e. The molecule has 2 amide bonds. The lowest BCUT2D eigenvalue weighted by atomic mass is 10.1. The third kappa shape index (κ3) is 4.82. The molecule has 0 unspecified atom stereocenters. The van der Waals surface area contributed by atoms with Crippen molar-refractivity contribution in [2.75, 3.05) is 12.4 Å². The minimum atomic E-state index is -0.434. The van der Waals surface area contributed by atoms with E-state index in [2.05, 4.69) is 27.8 Å². The van der Waals surface area contributed by atoms with Crippen LogP contribution >= 0.6 is 23.6 Å². The Morgan fingerprint density at radius 3 is 2.54 bits per heavy atom. The van der Waals surface area contributed by atoms with E-state index in [0.717, 1.165) is 32.0 Å². The molecule has 0 bridgehead atoms. The van der Waals surface area contributed by atoms with E-state index in [1.54, 1.807) is 35.7 Å². The lowest BCUT2D eigenvalue weighted by molar-refractivity contribution is 0.0816. The fourth-order valence-corrected chi connectivity index (χ4v) is 5.04. The predicted molar refractivity (Wildman–Crippen MR) is 139 cm³/mol. The highest BCUT2D eigenvalue weighted by Gasteiger charge is 2.24. The van der Waals surface area contributed by atoms with Gasteiger partial charge in [0.2, 0.25) is 0 Å². The van der Waals surface area contributed by atoms with E-state index in [1.165, 1.54) is 24.3 Å². The fourth-order valence-electron chi connectivity index (χ4n) is 3.85. The maximum absolute atomic E-state index is 13.1. The van der Waals surface area contributed by atoms with Crippen LogP contribution in [-0.4, -0.2) is 33.9 Å². The third-order valence-electron chi connectivity index (χ3n) is 5.59. The van der Waals surface area contributed by atoms with E-state index in [4.69, 9.17) is 12.2 Å². The first kappa shape index (κ1) is 22.8. The number of amides is 2. The fraction of sp³-hybridized carbons (Fsp3) is 0.0769. The maximum atomic E-state index is 13.1. The largest absolute Gasteiger partial charge is 0.337 e. The van der Waals surface area contributed by atoms with Gasteiger partial charge in [-0.25, -0.2) is 4.39 Å². The molecule has 9 heteroatoms. The van der Waals surface area contributed by atoms with Crippen LogP contribution in [0.3, 0.4) is 0 Å². The molecule has 0 radical (unpaired) electrons. The highest BCUT2D eigenvalue weighted by molar-refractivity contribution is 7.80. The standard InChI is InChI=1S/C26H19FN4O2S2/c1-31-14-18-10-16(4-7-21(18)25(31)33)22-8-9-23(35-22)17-11-20(13-28-12-17)29-26(34)30-24(32)15-2-5-19(27)6-3-15/h2-13H,14H2,1H3,(H2,29,30,32,34). The average molecular weight is 503 g/mol. The topological polar surface area (TPSA) is 74.3 Å². The molecular weight excluding hydrogens is 483 g/mol. The Morgan fingerprint density at radius 1 is 1.03 bits per heavy atom. The predicted octanol–water partition coefficient (Wildman–Crippen LogP) is 5.33. The molecule has 0 atom stereocenters. The van der Waals surface area contributed by atoms with Crippen molar-refractivity contribution in [3.05, 3.63) is 95.6 Å². The van der Waals surface area contributed by atoms with Crippen LogP contribution in [0.15, 0.2) is 73.1 Å². The second kappa shape index (κ2) is 9.36. The number of fused-ring (bicyclic) bond motifs is 1. The van der Waals surface area contributed by atoms with E-state index in [1.807, 2.05) is 24.3 Å². The number of hydrogen-bond donors (Lipinski definition) is 2. The molecule has 0 fully saturated rings. The number of anilines is 1. The zero-order valence-corrected chi connectivity index (χ0v) is 20.2. The number of nitrogens with zero attached hydrogens (tertiary/aromatic N) is 2. The van der Waals surface area contributed by atoms with E-state index < -0.39 is 11.7 Å². The average Bonchev–Trinajstić information content (AvgIpc) is 3.44. The number of halogens is 1. The van der Waals surface area contributed by atoms with Gasteiger partial charge in [-0.05, 0) is 77.9 Å². The summed E-state index contributed by atoms with van der Waals surface area (Å²) in [6.07, 6.45) is 3.37. The number of carbonyl (C=O) groups is 2. The quantitative estimate of drug-likeness (QED) is 0.369. The number of aromatic nitrogens is 1. The van der Waals surface area contributed by atoms with Gasteiger partial charge in [0.15, 0.2) is 5.11 Å². The van der Waals surface area contributed by atoms with Gasteiger partial charge in [-0.3, -0.25) is 19.9 Å². The van der Waals surface area contributed by atoms with Gasteiger partial charge in [0.1, 0.15) is 5.82 Å². The van der Waals surface area contributed by atoms with Crippen LogP contribution in [0.4, 0.5) is 10.1 Å². The summed E-state index contributed by atoms with van der Waals surface area (Å²) >= 11 is 6.88. The molecular formula is C26H19FN4O2S2. The van der Waals surface area contributed by atoms with E-state index in [9.17, 15) is 14.0 Å². The van der Waals surface area contributed by atoms with Crippen molar-refractivity contribution >= 4 is 46.2 Å². The highest BCUT2D eigenvalue weighted by Crippen LogP contribution is 2.36. The Balaban J connectivity index is 1.29. The SMILES string of the molecule is CN1Cc2cc(-c3ccc(-c4cncc(NC(=S)NC(=O)c5ccc(F)cc5)c4)s3)ccc2C1=O. The molecule has 0 aliphatic carbocycles. The molecule has 0 spiro atoms. The van der Waals surface area contributed by atoms with Crippen LogP contribution in [0.5, 0.6) is 0 Å². The summed E-state index contributed by atoms with van der Waals surface area (Å²) in [5, 5.41) is 5.67. The first-order valence-corrected chi connectivity index (χ1v) is 11.9. The molecule has 174 valence electrons. The van der Waals surface area contributed by atoms with Gasteiger partial charge in [-0.15, -0.1) is 11.3 Å². The lowest BCUT2D eigenvalue weighted by Gasteiger charge is -2.10. The van der Waals surface area contributed by atoms with E-state index in [-0.39, 0.29) is 11.0 Å². The van der Waals surface area contributed by atoms with Gasteiger partial charge in [-0.1, -0.05) is 6.07 Å². The number of thiophene rings is 1. The van der Waals surface area contributed by atoms with Crippen molar-refractivity contribution < 1.29 is 14.0 Å². The third-order valence-corrected chi connectivity index (χ3v) is 6.98. The van der Waals surface area contributed by atoms with Crippen molar-refractivity contribution in [3.8, 4) is 20.9 Å². The second-order valence-electron chi connectivity index (χ2n) is 8.07. The number of carbonyl (C=O) groups excluding carboxylic acids is 2. The molecule has 0 saturated carbocycles. The summed E-state index contributed by atoms with van der Waals surface area (Å²) in [7, 11) is 1.80. The zero-order chi connectivity index (χ0) is 24.5. The zero-order valence-electron chi connectivity index (χ0n) is 18.5. The summed E-state index contributed by atoms with van der Waals surface area (Å²) in [5.74, 6) is -0.793. The number of pyridine rings is 1. The van der Waals surface area contributed by atoms with Crippen LogP contribution in [0.1, 0.15) is 26.3 Å². The summed E-state index contributed by atoms with van der Waals surface area (Å²) in [4.78, 5) is 32.6. The molecule has 0 saturated heterocycles. The Morgan fingerprint density at radius 2 is 1.77 bits per heavy atom. The molecule has 3 heterocycles. The van der Waals surface area contributed by atoms with Gasteiger partial charge < -0.3 is 10.2 Å². The van der Waals surface area contributed by atoms with Crippen LogP contribution < -0.4 is 10.6 Å². The summed E-state index contributed by atoms with van der Waals surface area (Å²) in [6, 6.07) is 17.1. The van der Waals surface area contributed by atoms with Crippen LogP contribution in [0.25, 0.3) is 20.9 Å². The molecule has 2 aromatic carbocycles. The summed E-state index contributed by atoms with van der Waals surface area (Å²) in [5.41, 5.74) is 4.69. The first-order chi connectivity index (χ1) is 16.9. The first-order valence-electron chi connectivity index (χ1n) is 10.7. The number of rotatable bonds is 4. The Hall–Kier alpha value is -3.95. The van der Waals surface area contributed by atoms with Gasteiger partial charge in [-0.2, -0.15) is 0 Å². The van der Waals surface area contributed by atoms with Gasteiger partial charge >= 0.3 is 0 Å². The monoisotopic (exact) mass is 502 g/mol. The van der Waals surface area contributed by atoms with E-state index >= 15 is 0 Å². The van der Waals surface area contributed by atoms with Crippen molar-refractivity contribution in [2.24, 2.45) is 0 Å². The Bertz CT molecular complexity index is 1470. The van der Waals surface area contributed by atoms with Gasteiger partial charge in [0, 0.05) is 46.2 Å². The molecule has 6 nitrogen and oxygen atoms in total. The van der Waals surface area contributed by atoms with Crippen molar-refractivity contribution in [3.63, 3.8) is 0 Å². The maximum Gasteiger partial charge on any atom is 0.257 e. The number of benzene rings is 2. The smallest absolute Gasteiger partial charge is 0.257 e. The van der Waals surface area contributed by atoms with Crippen LogP contribution in [-0.2, 0) is 6.54 Å². The molecule has 2 N–H and O–H groups in total. The number of thiocarbonyl (C=S) groups is 1. The summed E-state index contributed by atoms with van der Waals surface area (Å²) < 4.78 is 13.1. The van der Waals surface area contributed by atoms with E-state index in [0.29, 0.717) is 17.8 Å².